The maximum atomic E-state index is 12.5. The lowest BCUT2D eigenvalue weighted by Crippen LogP contribution is -2.20. The molecule has 0 bridgehead atoms. The molecule has 100 valence electrons. The Hall–Kier alpha value is -2.11. The summed E-state index contributed by atoms with van der Waals surface area (Å²) >= 11 is 11.8. The molecule has 0 radical (unpaired) electrons. The van der Waals surface area contributed by atoms with E-state index < -0.39 is 5.56 Å². The van der Waals surface area contributed by atoms with Crippen LogP contribution >= 0.6 is 23.2 Å². The van der Waals surface area contributed by atoms with Crippen LogP contribution in [0.1, 0.15) is 0 Å². The molecular weight excluding hydrogens is 301 g/mol. The monoisotopic (exact) mass is 307 g/mol. The summed E-state index contributed by atoms with van der Waals surface area (Å²) in [5, 5.41) is 10.1. The number of halogens is 2. The Morgan fingerprint density at radius 3 is 2.65 bits per heavy atom. The minimum Gasteiger partial charge on any atom is -0.504 e. The highest BCUT2D eigenvalue weighted by Gasteiger charge is 2.15. The van der Waals surface area contributed by atoms with Crippen LogP contribution in [0.4, 0.5) is 0 Å². The molecule has 0 spiro atoms. The van der Waals surface area contributed by atoms with Crippen molar-refractivity contribution >= 4 is 34.1 Å². The smallest absolute Gasteiger partial charge is 0.268 e. The normalized spacial score (nSPS) is 10.9. The fourth-order valence-electron chi connectivity index (χ4n) is 1.87. The highest BCUT2D eigenvalue weighted by molar-refractivity contribution is 6.39. The minimum absolute atomic E-state index is 0.0463. The molecular formula is C13H7Cl2N3O2. The van der Waals surface area contributed by atoms with Crippen LogP contribution in [0, 0.1) is 0 Å². The quantitative estimate of drug-likeness (QED) is 0.750. The summed E-state index contributed by atoms with van der Waals surface area (Å²) in [6.45, 7) is 0. The van der Waals surface area contributed by atoms with Gasteiger partial charge < -0.3 is 5.11 Å². The molecule has 0 fully saturated rings. The number of aromatic hydroxyl groups is 1. The second-order valence-corrected chi connectivity index (χ2v) is 4.83. The SMILES string of the molecule is O=c1c2c(Cl)cc(Cl)c(O)c2ncn1-c1ccccn1. The highest BCUT2D eigenvalue weighted by Crippen LogP contribution is 2.34. The third-order valence-electron chi connectivity index (χ3n) is 2.81. The molecule has 5 nitrogen and oxygen atoms in total. The van der Waals surface area contributed by atoms with Crippen molar-refractivity contribution in [3.05, 3.63) is 57.2 Å². The van der Waals surface area contributed by atoms with Crippen molar-refractivity contribution in [3.63, 3.8) is 0 Å². The van der Waals surface area contributed by atoms with E-state index in [9.17, 15) is 9.90 Å². The molecule has 0 atom stereocenters. The fraction of sp³-hybridized carbons (Fsp3) is 0. The van der Waals surface area contributed by atoms with E-state index in [-0.39, 0.29) is 26.7 Å². The van der Waals surface area contributed by atoms with Gasteiger partial charge in [-0.2, -0.15) is 0 Å². The van der Waals surface area contributed by atoms with Gasteiger partial charge >= 0.3 is 0 Å². The molecule has 0 aliphatic rings. The van der Waals surface area contributed by atoms with Gasteiger partial charge in [-0.05, 0) is 18.2 Å². The summed E-state index contributed by atoms with van der Waals surface area (Å²) in [6.07, 6.45) is 2.84. The first-order valence-corrected chi connectivity index (χ1v) is 6.35. The molecule has 0 unspecified atom stereocenters. The number of benzene rings is 1. The maximum absolute atomic E-state index is 12.5. The molecule has 20 heavy (non-hydrogen) atoms. The summed E-state index contributed by atoms with van der Waals surface area (Å²) in [4.78, 5) is 20.6. The second-order valence-electron chi connectivity index (χ2n) is 4.02. The second kappa shape index (κ2) is 4.77. The van der Waals surface area contributed by atoms with Gasteiger partial charge in [-0.1, -0.05) is 29.3 Å². The number of aromatic nitrogens is 3. The lowest BCUT2D eigenvalue weighted by molar-refractivity contribution is 0.480. The summed E-state index contributed by atoms with van der Waals surface area (Å²) in [7, 11) is 0. The molecule has 1 N–H and O–H groups in total. The van der Waals surface area contributed by atoms with E-state index in [2.05, 4.69) is 9.97 Å². The number of rotatable bonds is 1. The van der Waals surface area contributed by atoms with Crippen molar-refractivity contribution in [2.75, 3.05) is 0 Å². The van der Waals surface area contributed by atoms with Gasteiger partial charge in [-0.15, -0.1) is 0 Å². The number of phenolic OH excluding ortho intramolecular Hbond substituents is 1. The van der Waals surface area contributed by atoms with Crippen LogP contribution in [-0.4, -0.2) is 19.6 Å². The van der Waals surface area contributed by atoms with Crippen LogP contribution in [0.3, 0.4) is 0 Å². The van der Waals surface area contributed by atoms with Crippen molar-refractivity contribution in [1.82, 2.24) is 14.5 Å². The standard InChI is InChI=1S/C13H7Cl2N3O2/c14-7-5-8(15)12(19)11-10(7)13(20)18(6-17-11)9-3-1-2-4-16-9/h1-6,19H. The minimum atomic E-state index is -0.425. The van der Waals surface area contributed by atoms with Gasteiger partial charge in [-0.3, -0.25) is 9.36 Å². The van der Waals surface area contributed by atoms with Gasteiger partial charge in [0.05, 0.1) is 15.4 Å². The van der Waals surface area contributed by atoms with Gasteiger partial charge in [0, 0.05) is 6.20 Å². The number of fused-ring (bicyclic) bond motifs is 1. The van der Waals surface area contributed by atoms with E-state index in [0.29, 0.717) is 5.82 Å². The Morgan fingerprint density at radius 2 is 1.95 bits per heavy atom. The Morgan fingerprint density at radius 1 is 1.15 bits per heavy atom. The Balaban J connectivity index is 2.41. The predicted octanol–water partition coefficient (Wildman–Crippen LogP) is 2.79. The van der Waals surface area contributed by atoms with Crippen LogP contribution in [0.15, 0.2) is 41.6 Å². The lowest BCUT2D eigenvalue weighted by Gasteiger charge is -2.08. The zero-order valence-electron chi connectivity index (χ0n) is 9.92. The first-order chi connectivity index (χ1) is 9.59. The Kier molecular flexibility index (Phi) is 3.08. The van der Waals surface area contributed by atoms with E-state index in [1.54, 1.807) is 24.4 Å². The van der Waals surface area contributed by atoms with Gasteiger partial charge in [-0.25, -0.2) is 9.97 Å². The first kappa shape index (κ1) is 12.9. The molecule has 3 aromatic rings. The Bertz CT molecular complexity index is 863. The molecule has 7 heteroatoms. The third-order valence-corrected chi connectivity index (χ3v) is 3.40. The van der Waals surface area contributed by atoms with Gasteiger partial charge in [0.25, 0.3) is 5.56 Å². The molecule has 2 heterocycles. The lowest BCUT2D eigenvalue weighted by atomic mass is 10.2. The van der Waals surface area contributed by atoms with Crippen molar-refractivity contribution in [3.8, 4) is 11.6 Å². The van der Waals surface area contributed by atoms with Crippen LogP contribution in [0.2, 0.25) is 10.0 Å². The average molecular weight is 308 g/mol. The predicted molar refractivity (Wildman–Crippen MR) is 76.8 cm³/mol. The van der Waals surface area contributed by atoms with E-state index in [1.165, 1.54) is 17.0 Å². The van der Waals surface area contributed by atoms with Crippen molar-refractivity contribution < 1.29 is 5.11 Å². The summed E-state index contributed by atoms with van der Waals surface area (Å²) in [5.41, 5.74) is -0.356. The van der Waals surface area contributed by atoms with Gasteiger partial charge in [0.2, 0.25) is 0 Å². The molecule has 2 aromatic heterocycles. The van der Waals surface area contributed by atoms with E-state index >= 15 is 0 Å². The summed E-state index contributed by atoms with van der Waals surface area (Å²) in [5.74, 6) is 0.147. The van der Waals surface area contributed by atoms with Crippen LogP contribution < -0.4 is 5.56 Å². The molecule has 3 rings (SSSR count). The molecule has 0 saturated carbocycles. The van der Waals surface area contributed by atoms with Crippen LogP contribution in [-0.2, 0) is 0 Å². The first-order valence-electron chi connectivity index (χ1n) is 5.59. The van der Waals surface area contributed by atoms with Gasteiger partial charge in [0.15, 0.2) is 5.75 Å². The van der Waals surface area contributed by atoms with Crippen LogP contribution in [0.25, 0.3) is 16.7 Å². The number of nitrogens with zero attached hydrogens (tertiary/aromatic N) is 3. The van der Waals surface area contributed by atoms with Crippen molar-refractivity contribution in [2.24, 2.45) is 0 Å². The van der Waals surface area contributed by atoms with Crippen molar-refractivity contribution in [2.45, 2.75) is 0 Å². The molecule has 0 saturated heterocycles. The highest BCUT2D eigenvalue weighted by atomic mass is 35.5. The third kappa shape index (κ3) is 1.92. The molecule has 0 aliphatic heterocycles. The number of pyridine rings is 1. The topological polar surface area (TPSA) is 68.0 Å². The Labute approximate surface area is 123 Å². The van der Waals surface area contributed by atoms with E-state index in [0.717, 1.165) is 0 Å². The van der Waals surface area contributed by atoms with E-state index in [4.69, 9.17) is 23.2 Å². The average Bonchev–Trinajstić information content (AvgIpc) is 2.45. The number of hydrogen-bond donors (Lipinski definition) is 1. The molecule has 1 aromatic carbocycles. The summed E-state index contributed by atoms with van der Waals surface area (Å²) < 4.78 is 1.25. The number of hydrogen-bond acceptors (Lipinski definition) is 4. The summed E-state index contributed by atoms with van der Waals surface area (Å²) in [6, 6.07) is 6.46. The largest absolute Gasteiger partial charge is 0.504 e. The number of phenols is 1. The van der Waals surface area contributed by atoms with Crippen molar-refractivity contribution in [1.29, 1.82) is 0 Å². The zero-order chi connectivity index (χ0) is 14.3. The molecule has 0 amide bonds. The van der Waals surface area contributed by atoms with Gasteiger partial charge in [0.1, 0.15) is 17.7 Å². The van der Waals surface area contributed by atoms with E-state index in [1.807, 2.05) is 0 Å². The maximum Gasteiger partial charge on any atom is 0.268 e. The molecule has 0 aliphatic carbocycles. The fourth-order valence-corrected chi connectivity index (χ4v) is 2.41. The van der Waals surface area contributed by atoms with Crippen LogP contribution in [0.5, 0.6) is 5.75 Å². The zero-order valence-corrected chi connectivity index (χ0v) is 11.4.